The number of anilines is 1. The molecule has 0 unspecified atom stereocenters. The molecule has 0 aliphatic rings. The van der Waals surface area contributed by atoms with Gasteiger partial charge in [-0.15, -0.1) is 0 Å². The van der Waals surface area contributed by atoms with Crippen LogP contribution in [0.2, 0.25) is 5.02 Å². The maximum atomic E-state index is 14.2. The van der Waals surface area contributed by atoms with Crippen molar-refractivity contribution in [1.29, 1.82) is 0 Å². The molecule has 0 aromatic heterocycles. The van der Waals surface area contributed by atoms with Crippen LogP contribution in [0, 0.1) is 5.82 Å². The lowest BCUT2D eigenvalue weighted by molar-refractivity contribution is 0.290. The van der Waals surface area contributed by atoms with Gasteiger partial charge in [-0.2, -0.15) is 0 Å². The zero-order valence-corrected chi connectivity index (χ0v) is 14.3. The summed E-state index contributed by atoms with van der Waals surface area (Å²) in [4.78, 5) is 0. The van der Waals surface area contributed by atoms with Crippen LogP contribution in [-0.4, -0.2) is 0 Å². The van der Waals surface area contributed by atoms with E-state index in [-0.39, 0.29) is 11.6 Å². The third-order valence-corrected chi connectivity index (χ3v) is 3.85. The number of halogens is 2. The maximum Gasteiger partial charge on any atom is 0.165 e. The van der Waals surface area contributed by atoms with E-state index in [1.807, 2.05) is 48.5 Å². The van der Waals surface area contributed by atoms with Gasteiger partial charge in [0.1, 0.15) is 6.61 Å². The van der Waals surface area contributed by atoms with Crippen molar-refractivity contribution in [3.8, 4) is 5.75 Å². The molecule has 0 heterocycles. The molecular formula is C20H18ClFN2O. The molecule has 0 bridgehead atoms. The fourth-order valence-electron chi connectivity index (χ4n) is 2.28. The Balaban J connectivity index is 1.52. The van der Waals surface area contributed by atoms with Crippen molar-refractivity contribution in [2.45, 2.75) is 13.2 Å². The lowest BCUT2D eigenvalue weighted by Crippen LogP contribution is -2.20. The fraction of sp³-hybridized carbons (Fsp3) is 0.100. The van der Waals surface area contributed by atoms with Crippen LogP contribution >= 0.6 is 11.6 Å². The van der Waals surface area contributed by atoms with Gasteiger partial charge in [-0.3, -0.25) is 0 Å². The highest BCUT2D eigenvalue weighted by Crippen LogP contribution is 2.20. The van der Waals surface area contributed by atoms with Gasteiger partial charge in [0.25, 0.3) is 0 Å². The molecule has 0 spiro atoms. The van der Waals surface area contributed by atoms with Gasteiger partial charge >= 0.3 is 0 Å². The Morgan fingerprint density at radius 1 is 0.880 bits per heavy atom. The van der Waals surface area contributed by atoms with Crippen molar-refractivity contribution in [3.05, 3.63) is 94.8 Å². The molecule has 5 heteroatoms. The first-order chi connectivity index (χ1) is 12.2. The summed E-state index contributed by atoms with van der Waals surface area (Å²) in [5.74, 6) is -0.150. The van der Waals surface area contributed by atoms with E-state index in [1.165, 1.54) is 6.07 Å². The van der Waals surface area contributed by atoms with Gasteiger partial charge in [0.05, 0.1) is 0 Å². The average molecular weight is 357 g/mol. The summed E-state index contributed by atoms with van der Waals surface area (Å²) in [6.07, 6.45) is 0. The summed E-state index contributed by atoms with van der Waals surface area (Å²) < 4.78 is 19.7. The van der Waals surface area contributed by atoms with E-state index in [1.54, 1.807) is 18.2 Å². The minimum atomic E-state index is -0.382. The molecule has 128 valence electrons. The van der Waals surface area contributed by atoms with Crippen LogP contribution in [0.3, 0.4) is 0 Å². The Morgan fingerprint density at radius 2 is 1.60 bits per heavy atom. The van der Waals surface area contributed by atoms with Gasteiger partial charge in [0.15, 0.2) is 11.6 Å². The molecule has 3 aromatic rings. The standard InChI is InChI=1S/C20H18ClFN2O/c21-17-9-6-15(7-10-17)14-25-20-11-8-16(12-19(20)22)13-23-24-18-4-2-1-3-5-18/h1-12,23-24H,13-14H2. The molecule has 0 saturated heterocycles. The number of ether oxygens (including phenoxy) is 1. The second kappa shape index (κ2) is 8.51. The van der Waals surface area contributed by atoms with E-state index in [0.717, 1.165) is 16.8 Å². The average Bonchev–Trinajstić information content (AvgIpc) is 2.63. The van der Waals surface area contributed by atoms with Crippen LogP contribution in [0.25, 0.3) is 0 Å². The van der Waals surface area contributed by atoms with E-state index in [2.05, 4.69) is 10.9 Å². The van der Waals surface area contributed by atoms with Gasteiger partial charge in [-0.25, -0.2) is 9.82 Å². The highest BCUT2D eigenvalue weighted by molar-refractivity contribution is 6.30. The van der Waals surface area contributed by atoms with Gasteiger partial charge in [0.2, 0.25) is 0 Å². The number of nitrogens with one attached hydrogen (secondary N) is 2. The summed E-state index contributed by atoms with van der Waals surface area (Å²) >= 11 is 5.84. The number of para-hydroxylation sites is 1. The van der Waals surface area contributed by atoms with E-state index in [0.29, 0.717) is 18.2 Å². The monoisotopic (exact) mass is 356 g/mol. The van der Waals surface area contributed by atoms with Crippen LogP contribution in [0.15, 0.2) is 72.8 Å². The lowest BCUT2D eigenvalue weighted by atomic mass is 10.2. The smallest absolute Gasteiger partial charge is 0.165 e. The summed E-state index contributed by atoms with van der Waals surface area (Å²) in [7, 11) is 0. The van der Waals surface area contributed by atoms with Crippen LogP contribution in [-0.2, 0) is 13.2 Å². The van der Waals surface area contributed by atoms with Gasteiger partial charge in [0, 0.05) is 17.3 Å². The van der Waals surface area contributed by atoms with Crippen LogP contribution in [0.4, 0.5) is 10.1 Å². The molecule has 0 fully saturated rings. The van der Waals surface area contributed by atoms with E-state index >= 15 is 0 Å². The Morgan fingerprint density at radius 3 is 2.32 bits per heavy atom. The van der Waals surface area contributed by atoms with Crippen molar-refractivity contribution in [3.63, 3.8) is 0 Å². The molecule has 0 atom stereocenters. The third-order valence-electron chi connectivity index (χ3n) is 3.60. The minimum Gasteiger partial charge on any atom is -0.486 e. The zero-order valence-electron chi connectivity index (χ0n) is 13.5. The van der Waals surface area contributed by atoms with Crippen LogP contribution < -0.4 is 15.6 Å². The van der Waals surface area contributed by atoms with Crippen molar-refractivity contribution < 1.29 is 9.13 Å². The molecule has 0 amide bonds. The van der Waals surface area contributed by atoms with E-state index in [4.69, 9.17) is 16.3 Å². The van der Waals surface area contributed by atoms with Gasteiger partial charge in [-0.1, -0.05) is 48.0 Å². The van der Waals surface area contributed by atoms with Crippen LogP contribution in [0.5, 0.6) is 5.75 Å². The second-order valence-corrected chi connectivity index (χ2v) is 5.96. The first kappa shape index (κ1) is 17.3. The summed E-state index contributed by atoms with van der Waals surface area (Å²) in [5.41, 5.74) is 8.82. The lowest BCUT2D eigenvalue weighted by Gasteiger charge is -2.11. The first-order valence-corrected chi connectivity index (χ1v) is 8.28. The largest absolute Gasteiger partial charge is 0.486 e. The Labute approximate surface area is 151 Å². The summed E-state index contributed by atoms with van der Waals surface area (Å²) in [6, 6.07) is 21.9. The zero-order chi connectivity index (χ0) is 17.5. The van der Waals surface area contributed by atoms with E-state index < -0.39 is 0 Å². The van der Waals surface area contributed by atoms with Crippen molar-refractivity contribution in [2.75, 3.05) is 5.43 Å². The number of hydrogen-bond donors (Lipinski definition) is 2. The highest BCUT2D eigenvalue weighted by atomic mass is 35.5. The fourth-order valence-corrected chi connectivity index (χ4v) is 2.41. The van der Waals surface area contributed by atoms with E-state index in [9.17, 15) is 4.39 Å². The second-order valence-electron chi connectivity index (χ2n) is 5.52. The molecule has 3 nitrogen and oxygen atoms in total. The minimum absolute atomic E-state index is 0.231. The molecular weight excluding hydrogens is 339 g/mol. The third kappa shape index (κ3) is 5.21. The highest BCUT2D eigenvalue weighted by Gasteiger charge is 2.05. The normalized spacial score (nSPS) is 10.5. The SMILES string of the molecule is Fc1cc(CNNc2ccccc2)ccc1OCc1ccc(Cl)cc1. The van der Waals surface area contributed by atoms with Crippen molar-refractivity contribution in [1.82, 2.24) is 5.43 Å². The molecule has 25 heavy (non-hydrogen) atoms. The molecule has 0 saturated carbocycles. The number of rotatable bonds is 7. The first-order valence-electron chi connectivity index (χ1n) is 7.90. The maximum absolute atomic E-state index is 14.2. The van der Waals surface area contributed by atoms with Gasteiger partial charge in [-0.05, 0) is 47.5 Å². The number of hydrogen-bond acceptors (Lipinski definition) is 3. The predicted molar refractivity (Wildman–Crippen MR) is 99.1 cm³/mol. The van der Waals surface area contributed by atoms with Gasteiger partial charge < -0.3 is 10.2 Å². The molecule has 0 radical (unpaired) electrons. The summed E-state index contributed by atoms with van der Waals surface area (Å²) in [5, 5.41) is 0.663. The summed E-state index contributed by atoms with van der Waals surface area (Å²) in [6.45, 7) is 0.782. The topological polar surface area (TPSA) is 33.3 Å². The molecule has 0 aliphatic heterocycles. The molecule has 3 aromatic carbocycles. The van der Waals surface area contributed by atoms with Crippen molar-refractivity contribution >= 4 is 17.3 Å². The van der Waals surface area contributed by atoms with Crippen molar-refractivity contribution in [2.24, 2.45) is 0 Å². The Kier molecular flexibility index (Phi) is 5.88. The predicted octanol–water partition coefficient (Wildman–Crippen LogP) is 5.17. The molecule has 2 N–H and O–H groups in total. The van der Waals surface area contributed by atoms with Crippen LogP contribution in [0.1, 0.15) is 11.1 Å². The number of hydrazine groups is 1. The molecule has 0 aliphatic carbocycles. The Hall–Kier alpha value is -2.56. The Bertz CT molecular complexity index is 810. The quantitative estimate of drug-likeness (QED) is 0.572. The molecule has 3 rings (SSSR count). The number of benzene rings is 3.